The van der Waals surface area contributed by atoms with E-state index in [0.717, 1.165) is 17.1 Å². The standard InChI is InChI=1S/C15H16ClN9O4S3/c1-24-14(20-22-23-24)31-5-15(12(28)29)3-25-10(27)7(11(25)30-4-15)18-9(26)6(2-16)8-19-13(17)32-21-8/h2,7,11H,3-5H2,1H3,(H,18,26)(H,28,29)(H2,17,19,21)/t7?,11-,15?/m1/s1. The summed E-state index contributed by atoms with van der Waals surface area (Å²) in [6, 6.07) is -0.808. The van der Waals surface area contributed by atoms with Crippen molar-refractivity contribution in [2.45, 2.75) is 16.6 Å². The quantitative estimate of drug-likeness (QED) is 0.243. The van der Waals surface area contributed by atoms with E-state index in [4.69, 9.17) is 17.3 Å². The minimum Gasteiger partial charge on any atom is -0.481 e. The highest BCUT2D eigenvalue weighted by atomic mass is 35.5. The molecule has 0 spiro atoms. The van der Waals surface area contributed by atoms with Gasteiger partial charge in [-0.2, -0.15) is 9.36 Å². The number of amides is 2. The van der Waals surface area contributed by atoms with Gasteiger partial charge in [-0.15, -0.1) is 16.9 Å². The van der Waals surface area contributed by atoms with E-state index in [9.17, 15) is 19.5 Å². The van der Waals surface area contributed by atoms with Gasteiger partial charge in [0.05, 0.1) is 5.57 Å². The number of hydrogen-bond acceptors (Lipinski definition) is 12. The highest BCUT2D eigenvalue weighted by Gasteiger charge is 2.57. The number of fused-ring (bicyclic) bond motifs is 1. The zero-order chi connectivity index (χ0) is 23.0. The minimum absolute atomic E-state index is 0.0137. The predicted octanol–water partition coefficient (Wildman–Crippen LogP) is -0.513. The van der Waals surface area contributed by atoms with Crippen LogP contribution in [0.4, 0.5) is 5.13 Å². The minimum atomic E-state index is -1.17. The molecular formula is C15H16ClN9O4S3. The molecule has 2 aliphatic heterocycles. The number of halogens is 1. The van der Waals surface area contributed by atoms with E-state index >= 15 is 0 Å². The predicted molar refractivity (Wildman–Crippen MR) is 118 cm³/mol. The third kappa shape index (κ3) is 4.02. The van der Waals surface area contributed by atoms with E-state index in [2.05, 4.69) is 30.2 Å². The second-order valence-electron chi connectivity index (χ2n) is 7.06. The van der Waals surface area contributed by atoms with Crippen molar-refractivity contribution in [1.29, 1.82) is 0 Å². The first-order valence-corrected chi connectivity index (χ1v) is 12.2. The van der Waals surface area contributed by atoms with Crippen molar-refractivity contribution >= 4 is 75.1 Å². The third-order valence-corrected chi connectivity index (χ3v) is 8.63. The Morgan fingerprint density at radius 3 is 2.88 bits per heavy atom. The number of carboxylic acid groups (broad SMARTS) is 1. The van der Waals surface area contributed by atoms with Crippen LogP contribution in [0.5, 0.6) is 0 Å². The number of thioether (sulfide) groups is 2. The van der Waals surface area contributed by atoms with Gasteiger partial charge in [-0.1, -0.05) is 23.4 Å². The summed E-state index contributed by atoms with van der Waals surface area (Å²) in [5.74, 6) is -1.48. The molecule has 0 saturated carbocycles. The molecule has 0 radical (unpaired) electrons. The maximum absolute atomic E-state index is 12.7. The highest BCUT2D eigenvalue weighted by Crippen LogP contribution is 2.44. The summed E-state index contributed by atoms with van der Waals surface area (Å²) >= 11 is 9.19. The lowest BCUT2D eigenvalue weighted by Crippen LogP contribution is -2.74. The summed E-state index contributed by atoms with van der Waals surface area (Å²) in [6.45, 7) is 0.0197. The number of tetrazole rings is 1. The lowest BCUT2D eigenvalue weighted by molar-refractivity contribution is -0.157. The topological polar surface area (TPSA) is 182 Å². The number of aromatic nitrogens is 6. The number of nitrogens with zero attached hydrogens (tertiary/aromatic N) is 7. The van der Waals surface area contributed by atoms with Gasteiger partial charge in [0, 0.05) is 42.2 Å². The first-order chi connectivity index (χ1) is 15.3. The zero-order valence-electron chi connectivity index (χ0n) is 16.3. The van der Waals surface area contributed by atoms with E-state index < -0.39 is 23.3 Å². The number of carbonyl (C=O) groups is 3. The van der Waals surface area contributed by atoms with Crippen LogP contribution in [0.15, 0.2) is 10.7 Å². The molecule has 4 N–H and O–H groups in total. The number of β-lactam (4-membered cyclic amide) rings is 1. The number of carbonyl (C=O) groups excluding carboxylic acids is 2. The van der Waals surface area contributed by atoms with Gasteiger partial charge in [0.25, 0.3) is 5.91 Å². The van der Waals surface area contributed by atoms with Crippen LogP contribution in [0.25, 0.3) is 5.57 Å². The van der Waals surface area contributed by atoms with Crippen molar-refractivity contribution < 1.29 is 19.5 Å². The first kappa shape index (κ1) is 22.8. The second kappa shape index (κ2) is 8.84. The maximum Gasteiger partial charge on any atom is 0.313 e. The van der Waals surface area contributed by atoms with Crippen LogP contribution in [-0.4, -0.2) is 86.8 Å². The Balaban J connectivity index is 1.42. The molecule has 13 nitrogen and oxygen atoms in total. The lowest BCUT2D eigenvalue weighted by Gasteiger charge is -2.53. The van der Waals surface area contributed by atoms with Gasteiger partial charge in [0.1, 0.15) is 16.8 Å². The van der Waals surface area contributed by atoms with E-state index in [1.165, 1.54) is 33.1 Å². The first-order valence-electron chi connectivity index (χ1n) is 8.97. The lowest BCUT2D eigenvalue weighted by atomic mass is 9.89. The molecule has 32 heavy (non-hydrogen) atoms. The number of nitrogen functional groups attached to an aromatic ring is 1. The number of carboxylic acids is 1. The van der Waals surface area contributed by atoms with Crippen LogP contribution in [0.1, 0.15) is 5.82 Å². The van der Waals surface area contributed by atoms with Gasteiger partial charge in [0.15, 0.2) is 11.0 Å². The Kier molecular flexibility index (Phi) is 6.28. The van der Waals surface area contributed by atoms with Crippen molar-refractivity contribution in [2.75, 3.05) is 23.8 Å². The third-order valence-electron chi connectivity index (χ3n) is 4.98. The summed E-state index contributed by atoms with van der Waals surface area (Å²) in [5, 5.41) is 23.9. The molecule has 2 amide bonds. The Labute approximate surface area is 198 Å². The van der Waals surface area contributed by atoms with Crippen LogP contribution < -0.4 is 11.1 Å². The monoisotopic (exact) mass is 517 g/mol. The molecular weight excluding hydrogens is 502 g/mol. The fourth-order valence-corrected chi connectivity index (χ4v) is 6.57. The molecule has 2 aromatic heterocycles. The Morgan fingerprint density at radius 2 is 2.28 bits per heavy atom. The van der Waals surface area contributed by atoms with E-state index in [1.807, 2.05) is 0 Å². The van der Waals surface area contributed by atoms with Crippen LogP contribution in [0.3, 0.4) is 0 Å². The number of nitrogens with one attached hydrogen (secondary N) is 1. The molecule has 2 aliphatic rings. The average molecular weight is 518 g/mol. The Hall–Kier alpha value is -2.43. The SMILES string of the molecule is Cn1nnnc1SCC1(C(=O)O)CS[C@@H]2C(NC(=O)C(=CCl)c3nsc(N)n3)C(=O)N2C1. The van der Waals surface area contributed by atoms with E-state index in [-0.39, 0.29) is 45.9 Å². The van der Waals surface area contributed by atoms with Gasteiger partial charge >= 0.3 is 5.97 Å². The largest absolute Gasteiger partial charge is 0.481 e. The highest BCUT2D eigenvalue weighted by molar-refractivity contribution is 8.00. The second-order valence-corrected chi connectivity index (χ2v) is 10.1. The number of nitrogens with two attached hydrogens (primary N) is 1. The number of hydrogen-bond donors (Lipinski definition) is 3. The van der Waals surface area contributed by atoms with Gasteiger partial charge < -0.3 is 21.1 Å². The van der Waals surface area contributed by atoms with Crippen LogP contribution in [-0.2, 0) is 21.4 Å². The number of anilines is 1. The summed E-state index contributed by atoms with van der Waals surface area (Å²) in [6.07, 6.45) is 0. The molecule has 0 aromatic carbocycles. The van der Waals surface area contributed by atoms with E-state index in [1.54, 1.807) is 7.05 Å². The van der Waals surface area contributed by atoms with Crippen LogP contribution in [0.2, 0.25) is 0 Å². The molecule has 2 saturated heterocycles. The van der Waals surface area contributed by atoms with Crippen molar-refractivity contribution in [1.82, 2.24) is 39.8 Å². The van der Waals surface area contributed by atoms with Gasteiger partial charge in [-0.25, -0.2) is 4.68 Å². The van der Waals surface area contributed by atoms with Gasteiger partial charge in [0.2, 0.25) is 11.1 Å². The molecule has 2 aromatic rings. The summed E-state index contributed by atoms with van der Waals surface area (Å²) < 4.78 is 5.40. The average Bonchev–Trinajstić information content (AvgIpc) is 3.38. The molecule has 2 unspecified atom stereocenters. The molecule has 17 heteroatoms. The molecule has 3 atom stereocenters. The van der Waals surface area contributed by atoms with Gasteiger partial charge in [-0.3, -0.25) is 14.4 Å². The van der Waals surface area contributed by atoms with Crippen molar-refractivity contribution in [3.05, 3.63) is 11.4 Å². The molecule has 4 rings (SSSR count). The number of aliphatic carboxylic acids is 1. The van der Waals surface area contributed by atoms with Crippen LogP contribution >= 0.6 is 46.7 Å². The van der Waals surface area contributed by atoms with Gasteiger partial charge in [-0.05, 0) is 10.4 Å². The summed E-state index contributed by atoms with van der Waals surface area (Å²) in [4.78, 5) is 42.9. The molecule has 0 aliphatic carbocycles. The summed E-state index contributed by atoms with van der Waals surface area (Å²) in [7, 11) is 1.66. The molecule has 2 fully saturated rings. The Bertz CT molecular complexity index is 1110. The fourth-order valence-electron chi connectivity index (χ4n) is 3.22. The Morgan fingerprint density at radius 1 is 1.50 bits per heavy atom. The number of rotatable bonds is 7. The molecule has 170 valence electrons. The zero-order valence-corrected chi connectivity index (χ0v) is 19.5. The summed E-state index contributed by atoms with van der Waals surface area (Å²) in [5.41, 5.74) is 5.39. The van der Waals surface area contributed by atoms with Crippen molar-refractivity contribution in [3.8, 4) is 0 Å². The smallest absolute Gasteiger partial charge is 0.313 e. The maximum atomic E-state index is 12.7. The normalized spacial score (nSPS) is 25.2. The van der Waals surface area contributed by atoms with Crippen molar-refractivity contribution in [3.63, 3.8) is 0 Å². The van der Waals surface area contributed by atoms with Crippen molar-refractivity contribution in [2.24, 2.45) is 12.5 Å². The fraction of sp³-hybridized carbons (Fsp3) is 0.467. The van der Waals surface area contributed by atoms with E-state index in [0.29, 0.717) is 5.16 Å². The molecule has 4 heterocycles. The van der Waals surface area contributed by atoms with Crippen LogP contribution in [0, 0.1) is 5.41 Å². The number of aryl methyl sites for hydroxylation is 1. The molecule has 0 bridgehead atoms.